The highest BCUT2D eigenvalue weighted by Crippen LogP contribution is 2.71. The normalized spacial score (nSPS) is 52.8. The average Bonchev–Trinajstić information content (AvgIpc) is 2.76. The molecule has 3 heteroatoms. The van der Waals surface area contributed by atoms with Gasteiger partial charge in [-0.05, 0) is 42.9 Å². The van der Waals surface area contributed by atoms with Gasteiger partial charge in [-0.3, -0.25) is 9.59 Å². The highest BCUT2D eigenvalue weighted by atomic mass is 79.9. The Morgan fingerprint density at radius 3 is 2.75 bits per heavy atom. The molecular weight excluding hydrogens is 316 g/mol. The molecule has 5 rings (SSSR count). The second-order valence-corrected chi connectivity index (χ2v) is 8.95. The van der Waals surface area contributed by atoms with Gasteiger partial charge in [-0.2, -0.15) is 0 Å². The molecule has 6 atom stereocenters. The summed E-state index contributed by atoms with van der Waals surface area (Å²) in [6.07, 6.45) is 7.78. The van der Waals surface area contributed by atoms with E-state index in [1.807, 2.05) is 0 Å². The highest BCUT2D eigenvalue weighted by Gasteiger charge is 2.75. The van der Waals surface area contributed by atoms with E-state index in [0.717, 1.165) is 19.3 Å². The van der Waals surface area contributed by atoms with Crippen molar-refractivity contribution in [3.8, 4) is 0 Å². The third-order valence-corrected chi connectivity index (χ3v) is 7.84. The van der Waals surface area contributed by atoms with Gasteiger partial charge in [-0.15, -0.1) is 0 Å². The Labute approximate surface area is 128 Å². The molecule has 20 heavy (non-hydrogen) atoms. The van der Waals surface area contributed by atoms with Crippen LogP contribution in [-0.4, -0.2) is 15.9 Å². The minimum Gasteiger partial charge on any atom is -0.299 e. The van der Waals surface area contributed by atoms with Crippen LogP contribution in [0.3, 0.4) is 0 Å². The van der Waals surface area contributed by atoms with E-state index in [0.29, 0.717) is 41.7 Å². The minimum atomic E-state index is -0.574. The molecule has 2 bridgehead atoms. The van der Waals surface area contributed by atoms with E-state index in [2.05, 4.69) is 41.9 Å². The lowest BCUT2D eigenvalue weighted by atomic mass is 9.41. The Bertz CT molecular complexity index is 537. The first-order valence-corrected chi connectivity index (χ1v) is 8.66. The molecule has 4 saturated carbocycles. The zero-order valence-corrected chi connectivity index (χ0v) is 13.7. The van der Waals surface area contributed by atoms with Gasteiger partial charge in [0, 0.05) is 17.8 Å². The molecule has 5 aliphatic carbocycles. The fraction of sp³-hybridized carbons (Fsp3) is 0.765. The van der Waals surface area contributed by atoms with Gasteiger partial charge >= 0.3 is 0 Å². The van der Waals surface area contributed by atoms with Gasteiger partial charge in [-0.25, -0.2) is 0 Å². The molecule has 2 nitrogen and oxygen atoms in total. The second-order valence-electron chi connectivity index (χ2n) is 7.54. The van der Waals surface area contributed by atoms with Crippen LogP contribution in [-0.2, 0) is 9.59 Å². The topological polar surface area (TPSA) is 34.1 Å². The van der Waals surface area contributed by atoms with Crippen molar-refractivity contribution in [2.24, 2.45) is 35.0 Å². The van der Waals surface area contributed by atoms with Gasteiger partial charge < -0.3 is 0 Å². The molecule has 4 fully saturated rings. The maximum atomic E-state index is 13.1. The van der Waals surface area contributed by atoms with Crippen LogP contribution in [0, 0.1) is 35.0 Å². The Morgan fingerprint density at radius 1 is 1.30 bits per heavy atom. The molecule has 0 N–H and O–H groups in total. The van der Waals surface area contributed by atoms with Gasteiger partial charge in [0.15, 0.2) is 5.78 Å². The summed E-state index contributed by atoms with van der Waals surface area (Å²) in [5, 5.41) is 0. The second kappa shape index (κ2) is 3.85. The van der Waals surface area contributed by atoms with Crippen LogP contribution in [0.5, 0.6) is 0 Å². The molecule has 0 aromatic rings. The molecule has 0 aliphatic heterocycles. The van der Waals surface area contributed by atoms with Crippen LogP contribution in [0.4, 0.5) is 0 Å². The first kappa shape index (κ1) is 13.2. The lowest BCUT2D eigenvalue weighted by Gasteiger charge is -2.62. The molecular formula is C17H21BrO2. The van der Waals surface area contributed by atoms with Crippen molar-refractivity contribution >= 4 is 27.5 Å². The smallest absolute Gasteiger partial charge is 0.154 e. The summed E-state index contributed by atoms with van der Waals surface area (Å²) in [6, 6.07) is 0. The summed E-state index contributed by atoms with van der Waals surface area (Å²) in [6.45, 7) is 4.42. The summed E-state index contributed by atoms with van der Waals surface area (Å²) >= 11 is 3.77. The van der Waals surface area contributed by atoms with Gasteiger partial charge in [0.05, 0.1) is 4.32 Å². The molecule has 0 radical (unpaired) electrons. The monoisotopic (exact) mass is 336 g/mol. The fourth-order valence-corrected chi connectivity index (χ4v) is 7.60. The van der Waals surface area contributed by atoms with Gasteiger partial charge in [0.25, 0.3) is 0 Å². The Morgan fingerprint density at radius 2 is 2.05 bits per heavy atom. The number of rotatable bonds is 1. The van der Waals surface area contributed by atoms with E-state index in [9.17, 15) is 9.59 Å². The van der Waals surface area contributed by atoms with E-state index >= 15 is 0 Å². The zero-order chi connectivity index (χ0) is 14.3. The van der Waals surface area contributed by atoms with E-state index in [1.165, 1.54) is 0 Å². The number of hydrogen-bond acceptors (Lipinski definition) is 2. The van der Waals surface area contributed by atoms with Crippen LogP contribution in [0.2, 0.25) is 0 Å². The fourth-order valence-electron chi connectivity index (χ4n) is 6.22. The molecule has 0 aromatic carbocycles. The molecule has 1 spiro atoms. The molecule has 0 saturated heterocycles. The molecule has 0 heterocycles. The summed E-state index contributed by atoms with van der Waals surface area (Å²) < 4.78 is -0.574. The number of alkyl halides is 1. The average molecular weight is 337 g/mol. The van der Waals surface area contributed by atoms with Crippen molar-refractivity contribution in [1.82, 2.24) is 0 Å². The zero-order valence-electron chi connectivity index (χ0n) is 12.1. The molecule has 0 amide bonds. The summed E-state index contributed by atoms with van der Waals surface area (Å²) in [7, 11) is 0. The Hall–Kier alpha value is -0.440. The molecule has 5 aliphatic rings. The maximum Gasteiger partial charge on any atom is 0.154 e. The first-order chi connectivity index (χ1) is 9.44. The van der Waals surface area contributed by atoms with E-state index < -0.39 is 4.32 Å². The Kier molecular flexibility index (Phi) is 2.55. The summed E-state index contributed by atoms with van der Waals surface area (Å²) in [5.41, 5.74) is -0.337. The Balaban J connectivity index is 1.97. The van der Waals surface area contributed by atoms with E-state index in [1.54, 1.807) is 0 Å². The van der Waals surface area contributed by atoms with Crippen molar-refractivity contribution in [2.75, 3.05) is 0 Å². The molecule has 0 unspecified atom stereocenters. The minimum absolute atomic E-state index is 0.0550. The van der Waals surface area contributed by atoms with Crippen molar-refractivity contribution in [1.29, 1.82) is 0 Å². The van der Waals surface area contributed by atoms with Crippen LogP contribution in [0.1, 0.15) is 39.5 Å². The van der Waals surface area contributed by atoms with E-state index in [4.69, 9.17) is 0 Å². The number of hydrogen-bond donors (Lipinski definition) is 0. The standard InChI is InChI=1S/C17H21BrO2/c1-9(2)14-11-7-6-10-4-3-5-12-15(20)16(14,18)8-13(19)17(10,11)12/h3-4,9-12,14H,5-8H2,1-2H3/t10-,11-,12+,14-,16+,17+/m1/s1. The number of carbonyl (C=O) groups is 2. The van der Waals surface area contributed by atoms with Crippen molar-refractivity contribution in [2.45, 2.75) is 43.9 Å². The summed E-state index contributed by atoms with van der Waals surface area (Å²) in [4.78, 5) is 26.1. The molecule has 108 valence electrons. The lowest BCUT2D eigenvalue weighted by Crippen LogP contribution is -2.71. The van der Waals surface area contributed by atoms with Crippen molar-refractivity contribution in [3.63, 3.8) is 0 Å². The molecule has 0 aromatic heterocycles. The number of ketones is 2. The third kappa shape index (κ3) is 1.19. The predicted octanol–water partition coefficient (Wildman–Crippen LogP) is 3.54. The van der Waals surface area contributed by atoms with Gasteiger partial charge in [-0.1, -0.05) is 41.9 Å². The SMILES string of the molecule is CC(C)[C@@H]1[C@H]2CC[C@H]3C=CC[C@H]4C(=O)[C@]1(Br)CC(=O)[C@@]324. The van der Waals surface area contributed by atoms with Crippen molar-refractivity contribution < 1.29 is 9.59 Å². The third-order valence-electron chi connectivity index (χ3n) is 6.64. The van der Waals surface area contributed by atoms with Crippen molar-refractivity contribution in [3.05, 3.63) is 12.2 Å². The largest absolute Gasteiger partial charge is 0.299 e. The van der Waals surface area contributed by atoms with Crippen LogP contribution < -0.4 is 0 Å². The maximum absolute atomic E-state index is 13.1. The number of Topliss-reactive ketones (excluding diaryl/α,β-unsaturated/α-hetero) is 2. The number of fused-ring (bicyclic) bond motifs is 1. The summed E-state index contributed by atoms with van der Waals surface area (Å²) in [5.74, 6) is 2.12. The van der Waals surface area contributed by atoms with E-state index in [-0.39, 0.29) is 11.3 Å². The van der Waals surface area contributed by atoms with Crippen LogP contribution in [0.15, 0.2) is 12.2 Å². The number of allylic oxidation sites excluding steroid dienone is 2. The quantitative estimate of drug-likeness (QED) is 0.542. The highest BCUT2D eigenvalue weighted by molar-refractivity contribution is 9.10. The van der Waals surface area contributed by atoms with Crippen LogP contribution in [0.25, 0.3) is 0 Å². The van der Waals surface area contributed by atoms with Gasteiger partial charge in [0.2, 0.25) is 0 Å². The number of halogens is 1. The predicted molar refractivity (Wildman–Crippen MR) is 80.5 cm³/mol. The number of carbonyl (C=O) groups excluding carboxylic acids is 2. The van der Waals surface area contributed by atoms with Gasteiger partial charge in [0.1, 0.15) is 5.78 Å². The van der Waals surface area contributed by atoms with Crippen LogP contribution >= 0.6 is 15.9 Å². The lowest BCUT2D eigenvalue weighted by molar-refractivity contribution is -0.171. The first-order valence-electron chi connectivity index (χ1n) is 7.87.